The summed E-state index contributed by atoms with van der Waals surface area (Å²) in [5.74, 6) is 1.26. The molecule has 0 heterocycles. The van der Waals surface area contributed by atoms with Gasteiger partial charge in [-0.05, 0) is 37.4 Å². The number of hydrogen-bond acceptors (Lipinski definition) is 2. The van der Waals surface area contributed by atoms with E-state index < -0.39 is 0 Å². The van der Waals surface area contributed by atoms with Crippen LogP contribution in [0.15, 0.2) is 12.1 Å². The van der Waals surface area contributed by atoms with Gasteiger partial charge in [0.1, 0.15) is 5.75 Å². The van der Waals surface area contributed by atoms with Crippen LogP contribution in [-0.4, -0.2) is 14.2 Å². The molecule has 1 atom stereocenters. The van der Waals surface area contributed by atoms with Gasteiger partial charge in [-0.3, -0.25) is 0 Å². The lowest BCUT2D eigenvalue weighted by molar-refractivity contribution is 0.341. The SMILES string of the molecule is CNC(c1cc(Cl)c(OC)cc1Cl)C1CCCCCC1. The highest BCUT2D eigenvalue weighted by Crippen LogP contribution is 2.39. The minimum absolute atomic E-state index is 0.268. The third-order valence-corrected chi connectivity index (χ3v) is 4.91. The summed E-state index contributed by atoms with van der Waals surface area (Å²) in [6.07, 6.45) is 7.83. The van der Waals surface area contributed by atoms with Crippen LogP contribution in [0.3, 0.4) is 0 Å². The van der Waals surface area contributed by atoms with E-state index in [2.05, 4.69) is 5.32 Å². The number of rotatable bonds is 4. The molecule has 1 unspecified atom stereocenters. The normalized spacial score (nSPS) is 18.6. The molecule has 0 radical (unpaired) electrons. The standard InChI is InChI=1S/C16H23Cl2NO/c1-19-16(11-7-5-3-4-6-8-11)12-9-14(18)15(20-2)10-13(12)17/h9-11,16,19H,3-8H2,1-2H3. The highest BCUT2D eigenvalue weighted by molar-refractivity contribution is 6.34. The van der Waals surface area contributed by atoms with Crippen molar-refractivity contribution in [2.45, 2.75) is 44.6 Å². The van der Waals surface area contributed by atoms with Gasteiger partial charge in [-0.1, -0.05) is 48.9 Å². The van der Waals surface area contributed by atoms with E-state index in [1.807, 2.05) is 19.2 Å². The van der Waals surface area contributed by atoms with E-state index in [0.717, 1.165) is 10.6 Å². The molecule has 1 N–H and O–H groups in total. The lowest BCUT2D eigenvalue weighted by Gasteiger charge is -2.27. The minimum Gasteiger partial charge on any atom is -0.495 e. The Kier molecular flexibility index (Phi) is 6.01. The van der Waals surface area contributed by atoms with E-state index in [1.54, 1.807) is 7.11 Å². The van der Waals surface area contributed by atoms with Gasteiger partial charge in [0.15, 0.2) is 0 Å². The number of benzene rings is 1. The quantitative estimate of drug-likeness (QED) is 0.768. The monoisotopic (exact) mass is 315 g/mol. The Hall–Kier alpha value is -0.440. The molecule has 0 amide bonds. The zero-order valence-electron chi connectivity index (χ0n) is 12.2. The lowest BCUT2D eigenvalue weighted by Crippen LogP contribution is -2.25. The third-order valence-electron chi connectivity index (χ3n) is 4.29. The molecule has 1 saturated carbocycles. The number of hydrogen-bond donors (Lipinski definition) is 1. The van der Waals surface area contributed by atoms with Crippen LogP contribution >= 0.6 is 23.2 Å². The topological polar surface area (TPSA) is 21.3 Å². The summed E-state index contributed by atoms with van der Waals surface area (Å²) in [5.41, 5.74) is 1.09. The van der Waals surface area contributed by atoms with Crippen LogP contribution < -0.4 is 10.1 Å². The zero-order chi connectivity index (χ0) is 14.5. The van der Waals surface area contributed by atoms with Gasteiger partial charge in [0, 0.05) is 17.1 Å². The Labute approximate surface area is 131 Å². The summed E-state index contributed by atoms with van der Waals surface area (Å²) in [4.78, 5) is 0. The molecule has 0 bridgehead atoms. The zero-order valence-corrected chi connectivity index (χ0v) is 13.7. The van der Waals surface area contributed by atoms with Gasteiger partial charge in [-0.25, -0.2) is 0 Å². The van der Waals surface area contributed by atoms with Crippen LogP contribution in [0, 0.1) is 5.92 Å². The van der Waals surface area contributed by atoms with Gasteiger partial charge in [0.25, 0.3) is 0 Å². The molecule has 1 aliphatic rings. The largest absolute Gasteiger partial charge is 0.495 e. The van der Waals surface area contributed by atoms with Crippen molar-refractivity contribution in [3.05, 3.63) is 27.7 Å². The van der Waals surface area contributed by atoms with E-state index >= 15 is 0 Å². The van der Waals surface area contributed by atoms with E-state index in [0.29, 0.717) is 16.7 Å². The molecule has 4 heteroatoms. The predicted octanol–water partition coefficient (Wildman–Crippen LogP) is 5.23. The summed E-state index contributed by atoms with van der Waals surface area (Å²) < 4.78 is 5.22. The van der Waals surface area contributed by atoms with Gasteiger partial charge in [0.2, 0.25) is 0 Å². The van der Waals surface area contributed by atoms with Crippen molar-refractivity contribution in [1.29, 1.82) is 0 Å². The summed E-state index contributed by atoms with van der Waals surface area (Å²) in [7, 11) is 3.61. The Morgan fingerprint density at radius 3 is 2.30 bits per heavy atom. The molecule has 0 aliphatic heterocycles. The number of ether oxygens (including phenoxy) is 1. The van der Waals surface area contributed by atoms with Crippen LogP contribution in [0.4, 0.5) is 0 Å². The minimum atomic E-state index is 0.268. The van der Waals surface area contributed by atoms with Crippen molar-refractivity contribution in [3.63, 3.8) is 0 Å². The van der Waals surface area contributed by atoms with Gasteiger partial charge in [-0.2, -0.15) is 0 Å². The second-order valence-corrected chi connectivity index (χ2v) is 6.34. The van der Waals surface area contributed by atoms with Crippen LogP contribution in [0.1, 0.15) is 50.1 Å². The van der Waals surface area contributed by atoms with Gasteiger partial charge in [0.05, 0.1) is 12.1 Å². The highest BCUT2D eigenvalue weighted by atomic mass is 35.5. The molecule has 1 aromatic rings. The molecule has 20 heavy (non-hydrogen) atoms. The maximum atomic E-state index is 6.44. The van der Waals surface area contributed by atoms with Crippen LogP contribution in [0.2, 0.25) is 10.0 Å². The van der Waals surface area contributed by atoms with E-state index in [4.69, 9.17) is 27.9 Å². The van der Waals surface area contributed by atoms with Crippen molar-refractivity contribution >= 4 is 23.2 Å². The van der Waals surface area contributed by atoms with Crippen molar-refractivity contribution in [2.24, 2.45) is 5.92 Å². The fourth-order valence-corrected chi connectivity index (χ4v) is 3.75. The molecule has 1 aromatic carbocycles. The molecule has 0 saturated heterocycles. The molecular formula is C16H23Cl2NO. The molecule has 1 aliphatic carbocycles. The molecular weight excluding hydrogens is 293 g/mol. The number of nitrogens with one attached hydrogen (secondary N) is 1. The van der Waals surface area contributed by atoms with Crippen LogP contribution in [0.5, 0.6) is 5.75 Å². The molecule has 112 valence electrons. The Bertz CT molecular complexity index is 442. The molecule has 0 aromatic heterocycles. The van der Waals surface area contributed by atoms with Crippen LogP contribution in [-0.2, 0) is 0 Å². The Balaban J connectivity index is 2.28. The van der Waals surface area contributed by atoms with Crippen molar-refractivity contribution in [2.75, 3.05) is 14.2 Å². The van der Waals surface area contributed by atoms with E-state index in [-0.39, 0.29) is 6.04 Å². The van der Waals surface area contributed by atoms with E-state index in [1.165, 1.54) is 38.5 Å². The second-order valence-electron chi connectivity index (χ2n) is 5.53. The summed E-state index contributed by atoms with van der Waals surface area (Å²) >= 11 is 12.7. The predicted molar refractivity (Wildman–Crippen MR) is 86.0 cm³/mol. The molecule has 2 nitrogen and oxygen atoms in total. The summed E-state index contributed by atoms with van der Waals surface area (Å²) in [5, 5.41) is 4.79. The highest BCUT2D eigenvalue weighted by Gasteiger charge is 2.25. The van der Waals surface area contributed by atoms with Crippen molar-refractivity contribution in [3.8, 4) is 5.75 Å². The fourth-order valence-electron chi connectivity index (χ4n) is 3.23. The Morgan fingerprint density at radius 1 is 1.10 bits per heavy atom. The fraction of sp³-hybridized carbons (Fsp3) is 0.625. The first-order valence-corrected chi connectivity index (χ1v) is 8.13. The lowest BCUT2D eigenvalue weighted by atomic mass is 9.87. The van der Waals surface area contributed by atoms with Crippen molar-refractivity contribution < 1.29 is 4.74 Å². The van der Waals surface area contributed by atoms with Gasteiger partial charge < -0.3 is 10.1 Å². The second kappa shape index (κ2) is 7.53. The van der Waals surface area contributed by atoms with Gasteiger partial charge in [-0.15, -0.1) is 0 Å². The average Bonchev–Trinajstić information content (AvgIpc) is 2.72. The maximum absolute atomic E-state index is 6.44. The first kappa shape index (κ1) is 15.9. The smallest absolute Gasteiger partial charge is 0.138 e. The maximum Gasteiger partial charge on any atom is 0.138 e. The first-order valence-electron chi connectivity index (χ1n) is 7.37. The molecule has 0 spiro atoms. The Morgan fingerprint density at radius 2 is 1.75 bits per heavy atom. The van der Waals surface area contributed by atoms with Crippen molar-refractivity contribution in [1.82, 2.24) is 5.32 Å². The third kappa shape index (κ3) is 3.60. The first-order chi connectivity index (χ1) is 9.67. The average molecular weight is 316 g/mol. The molecule has 1 fully saturated rings. The van der Waals surface area contributed by atoms with E-state index in [9.17, 15) is 0 Å². The summed E-state index contributed by atoms with van der Waals surface area (Å²) in [6.45, 7) is 0. The van der Waals surface area contributed by atoms with Crippen LogP contribution in [0.25, 0.3) is 0 Å². The number of methoxy groups -OCH3 is 1. The summed E-state index contributed by atoms with van der Waals surface area (Å²) in [6, 6.07) is 4.04. The molecule has 2 rings (SSSR count). The number of halogens is 2. The van der Waals surface area contributed by atoms with Gasteiger partial charge >= 0.3 is 0 Å².